The molecule has 0 aliphatic carbocycles. The van der Waals surface area contributed by atoms with Crippen LogP contribution >= 0.6 is 11.6 Å². The van der Waals surface area contributed by atoms with E-state index in [1.165, 1.54) is 12.1 Å². The monoisotopic (exact) mass is 348 g/mol. The molecule has 2 aromatic heterocycles. The zero-order valence-corrected chi connectivity index (χ0v) is 13.8. The predicted molar refractivity (Wildman–Crippen MR) is 85.3 cm³/mol. The molecule has 124 valence electrons. The number of amides is 1. The van der Waals surface area contributed by atoms with Crippen molar-refractivity contribution in [2.75, 3.05) is 6.54 Å². The van der Waals surface area contributed by atoms with Gasteiger partial charge in [0.15, 0.2) is 11.6 Å². The van der Waals surface area contributed by atoms with E-state index in [-0.39, 0.29) is 23.3 Å². The van der Waals surface area contributed by atoms with Crippen molar-refractivity contribution >= 4 is 28.5 Å². The Kier molecular flexibility index (Phi) is 3.31. The zero-order chi connectivity index (χ0) is 17.0. The average Bonchev–Trinajstić information content (AvgIpc) is 3.15. The fourth-order valence-electron chi connectivity index (χ4n) is 3.02. The first-order valence-corrected chi connectivity index (χ1v) is 7.89. The summed E-state index contributed by atoms with van der Waals surface area (Å²) in [5.74, 6) is 0.623. The van der Waals surface area contributed by atoms with Crippen molar-refractivity contribution < 1.29 is 9.18 Å². The maximum atomic E-state index is 13.9. The van der Waals surface area contributed by atoms with Crippen molar-refractivity contribution in [1.82, 2.24) is 29.6 Å². The Morgan fingerprint density at radius 3 is 2.92 bits per heavy atom. The fraction of sp³-hybridized carbons (Fsp3) is 0.333. The van der Waals surface area contributed by atoms with Crippen molar-refractivity contribution in [3.8, 4) is 0 Å². The molecule has 24 heavy (non-hydrogen) atoms. The van der Waals surface area contributed by atoms with Gasteiger partial charge in [0.05, 0.1) is 23.1 Å². The molecule has 0 saturated carbocycles. The third-order valence-electron chi connectivity index (χ3n) is 4.21. The summed E-state index contributed by atoms with van der Waals surface area (Å²) in [6, 6.07) is 2.41. The van der Waals surface area contributed by atoms with Gasteiger partial charge in [-0.25, -0.2) is 19.0 Å². The van der Waals surface area contributed by atoms with Gasteiger partial charge in [0.1, 0.15) is 17.2 Å². The first-order chi connectivity index (χ1) is 11.5. The van der Waals surface area contributed by atoms with Gasteiger partial charge in [-0.1, -0.05) is 11.6 Å². The Morgan fingerprint density at radius 2 is 2.17 bits per heavy atom. The lowest BCUT2D eigenvalue weighted by atomic mass is 10.2. The molecule has 3 aromatic rings. The Labute approximate surface area is 141 Å². The van der Waals surface area contributed by atoms with Crippen LogP contribution in [-0.4, -0.2) is 42.1 Å². The maximum Gasteiger partial charge on any atom is 0.290 e. The molecular formula is C15H14ClFN6O. The molecule has 0 fully saturated rings. The summed E-state index contributed by atoms with van der Waals surface area (Å²) >= 11 is 6.05. The van der Waals surface area contributed by atoms with E-state index in [0.29, 0.717) is 29.5 Å². The second-order valence-electron chi connectivity index (χ2n) is 5.75. The highest BCUT2D eigenvalue weighted by Crippen LogP contribution is 2.27. The van der Waals surface area contributed by atoms with E-state index in [9.17, 15) is 9.18 Å². The number of carbonyl (C=O) groups excluding carboxylic acids is 1. The Morgan fingerprint density at radius 1 is 1.38 bits per heavy atom. The molecule has 0 saturated heterocycles. The first-order valence-electron chi connectivity index (χ1n) is 7.51. The lowest BCUT2D eigenvalue weighted by molar-refractivity contribution is 0.0619. The van der Waals surface area contributed by atoms with Crippen LogP contribution in [0.25, 0.3) is 11.0 Å². The molecule has 0 radical (unpaired) electrons. The van der Waals surface area contributed by atoms with Crippen LogP contribution in [0, 0.1) is 12.7 Å². The van der Waals surface area contributed by atoms with Gasteiger partial charge in [0, 0.05) is 6.54 Å². The van der Waals surface area contributed by atoms with E-state index in [2.05, 4.69) is 20.1 Å². The molecule has 1 atom stereocenters. The highest BCUT2D eigenvalue weighted by molar-refractivity contribution is 6.35. The van der Waals surface area contributed by atoms with Crippen LogP contribution in [0.15, 0.2) is 12.1 Å². The van der Waals surface area contributed by atoms with E-state index in [4.69, 9.17) is 11.6 Å². The number of carbonyl (C=O) groups is 1. The minimum Gasteiger partial charge on any atom is -0.333 e. The predicted octanol–water partition coefficient (Wildman–Crippen LogP) is 2.47. The molecule has 7 nitrogen and oxygen atoms in total. The van der Waals surface area contributed by atoms with E-state index in [1.54, 1.807) is 9.58 Å². The number of H-pyrrole nitrogens is 1. The molecular weight excluding hydrogens is 335 g/mol. The smallest absolute Gasteiger partial charge is 0.290 e. The lowest BCUT2D eigenvalue weighted by Crippen LogP contribution is -2.41. The molecule has 0 unspecified atom stereocenters. The second-order valence-corrected chi connectivity index (χ2v) is 6.16. The zero-order valence-electron chi connectivity index (χ0n) is 13.0. The fourth-order valence-corrected chi connectivity index (χ4v) is 3.22. The number of aryl methyl sites for hydroxylation is 1. The first kappa shape index (κ1) is 15.1. The molecule has 0 spiro atoms. The van der Waals surface area contributed by atoms with Gasteiger partial charge in [0.25, 0.3) is 5.91 Å². The second kappa shape index (κ2) is 5.27. The van der Waals surface area contributed by atoms with Gasteiger partial charge in [0.2, 0.25) is 0 Å². The van der Waals surface area contributed by atoms with E-state index >= 15 is 0 Å². The highest BCUT2D eigenvalue weighted by Gasteiger charge is 2.32. The number of hydrogen-bond acceptors (Lipinski definition) is 4. The minimum absolute atomic E-state index is 0.0635. The molecule has 9 heteroatoms. The maximum absolute atomic E-state index is 13.9. The van der Waals surface area contributed by atoms with E-state index in [1.807, 2.05) is 13.8 Å². The number of fused-ring (bicyclic) bond motifs is 2. The van der Waals surface area contributed by atoms with Gasteiger partial charge in [-0.05, 0) is 26.0 Å². The number of hydrogen-bond donors (Lipinski definition) is 1. The van der Waals surface area contributed by atoms with Crippen LogP contribution in [-0.2, 0) is 6.54 Å². The highest BCUT2D eigenvalue weighted by atomic mass is 35.5. The van der Waals surface area contributed by atoms with Crippen LogP contribution in [0.3, 0.4) is 0 Å². The molecule has 4 rings (SSSR count). The SMILES string of the molecule is Cc1nc2n(n1)CCN(C(=O)c1nc3c(F)ccc(Cl)c3[nH]1)[C@H]2C. The van der Waals surface area contributed by atoms with Crippen LogP contribution in [0.2, 0.25) is 5.02 Å². The Hall–Kier alpha value is -2.48. The molecule has 1 aromatic carbocycles. The van der Waals surface area contributed by atoms with Gasteiger partial charge in [-0.15, -0.1) is 0 Å². The molecule has 1 aliphatic heterocycles. The number of benzene rings is 1. The summed E-state index contributed by atoms with van der Waals surface area (Å²) in [6.45, 7) is 4.73. The van der Waals surface area contributed by atoms with Crippen LogP contribution < -0.4 is 0 Å². The normalized spacial score (nSPS) is 17.3. The molecule has 1 N–H and O–H groups in total. The summed E-state index contributed by atoms with van der Waals surface area (Å²) in [7, 11) is 0. The van der Waals surface area contributed by atoms with Crippen LogP contribution in [0.1, 0.15) is 35.2 Å². The molecule has 1 amide bonds. The quantitative estimate of drug-likeness (QED) is 0.732. The number of nitrogens with one attached hydrogen (secondary N) is 1. The van der Waals surface area contributed by atoms with Crippen molar-refractivity contribution in [3.05, 3.63) is 40.4 Å². The van der Waals surface area contributed by atoms with Gasteiger partial charge in [-0.3, -0.25) is 4.79 Å². The van der Waals surface area contributed by atoms with Crippen LogP contribution in [0.5, 0.6) is 0 Å². The number of halogens is 2. The number of rotatable bonds is 1. The van der Waals surface area contributed by atoms with E-state index < -0.39 is 5.82 Å². The van der Waals surface area contributed by atoms with Crippen molar-refractivity contribution in [3.63, 3.8) is 0 Å². The minimum atomic E-state index is -0.522. The molecule has 1 aliphatic rings. The summed E-state index contributed by atoms with van der Waals surface area (Å²) in [6.07, 6.45) is 0. The number of nitrogens with zero attached hydrogens (tertiary/aromatic N) is 5. The van der Waals surface area contributed by atoms with Crippen molar-refractivity contribution in [1.29, 1.82) is 0 Å². The van der Waals surface area contributed by atoms with Gasteiger partial charge < -0.3 is 9.88 Å². The Balaban J connectivity index is 1.72. The summed E-state index contributed by atoms with van der Waals surface area (Å²) in [5.41, 5.74) is 0.387. The van der Waals surface area contributed by atoms with E-state index in [0.717, 1.165) is 5.82 Å². The Bertz CT molecular complexity index is 925. The molecule has 3 heterocycles. The van der Waals surface area contributed by atoms with Gasteiger partial charge in [-0.2, -0.15) is 5.10 Å². The summed E-state index contributed by atoms with van der Waals surface area (Å²) in [5, 5.41) is 4.62. The third kappa shape index (κ3) is 2.17. The third-order valence-corrected chi connectivity index (χ3v) is 4.52. The topological polar surface area (TPSA) is 79.7 Å². The number of imidazole rings is 1. The standard InChI is InChI=1S/C15H14ClFN6O/c1-7-14-18-8(2)21-23(14)6-5-22(7)15(24)13-19-11-9(16)3-4-10(17)12(11)20-13/h3-4,7H,5-6H2,1-2H3,(H,19,20)/t7-/m0/s1. The number of aromatic nitrogens is 5. The van der Waals surface area contributed by atoms with Crippen molar-refractivity contribution in [2.24, 2.45) is 0 Å². The molecule has 0 bridgehead atoms. The average molecular weight is 349 g/mol. The largest absolute Gasteiger partial charge is 0.333 e. The summed E-state index contributed by atoms with van der Waals surface area (Å²) < 4.78 is 15.7. The number of aromatic amines is 1. The van der Waals surface area contributed by atoms with Crippen LogP contribution in [0.4, 0.5) is 4.39 Å². The van der Waals surface area contributed by atoms with Crippen molar-refractivity contribution in [2.45, 2.75) is 26.4 Å². The lowest BCUT2D eigenvalue weighted by Gasteiger charge is -2.32. The summed E-state index contributed by atoms with van der Waals surface area (Å²) in [4.78, 5) is 25.8. The van der Waals surface area contributed by atoms with Gasteiger partial charge >= 0.3 is 0 Å².